The lowest BCUT2D eigenvalue weighted by Gasteiger charge is -2.33. The number of methoxy groups -OCH3 is 1. The fourth-order valence-corrected chi connectivity index (χ4v) is 3.58. The summed E-state index contributed by atoms with van der Waals surface area (Å²) in [5.41, 5.74) is 0.987. The van der Waals surface area contributed by atoms with Crippen molar-refractivity contribution in [3.63, 3.8) is 0 Å². The van der Waals surface area contributed by atoms with Gasteiger partial charge in [-0.25, -0.2) is 4.39 Å². The largest absolute Gasteiger partial charge is 0.504 e. The number of phenolic OH excluding ortho intramolecular Hbond substituents is 1. The fourth-order valence-electron chi connectivity index (χ4n) is 3.58. The minimum atomic E-state index is -0.183. The van der Waals surface area contributed by atoms with E-state index < -0.39 is 0 Å². The molecule has 26 heavy (non-hydrogen) atoms. The van der Waals surface area contributed by atoms with Crippen molar-refractivity contribution in [3.05, 3.63) is 59.4 Å². The smallest absolute Gasteiger partial charge is 0.257 e. The molecule has 0 aliphatic carbocycles. The summed E-state index contributed by atoms with van der Waals surface area (Å²) in [6.07, 6.45) is 3.46. The van der Waals surface area contributed by atoms with Gasteiger partial charge in [-0.3, -0.25) is 4.79 Å². The molecule has 0 spiro atoms. The van der Waals surface area contributed by atoms with Crippen LogP contribution in [-0.2, 0) is 6.42 Å². The highest BCUT2D eigenvalue weighted by atomic mass is 19.1. The average Bonchev–Trinajstić information content (AvgIpc) is 2.67. The van der Waals surface area contributed by atoms with Gasteiger partial charge in [-0.05, 0) is 55.4 Å². The van der Waals surface area contributed by atoms with E-state index in [2.05, 4.69) is 0 Å². The van der Waals surface area contributed by atoms with Crippen molar-refractivity contribution in [1.29, 1.82) is 0 Å². The maximum absolute atomic E-state index is 13.8. The number of para-hydroxylation sites is 1. The van der Waals surface area contributed by atoms with E-state index in [-0.39, 0.29) is 23.0 Å². The summed E-state index contributed by atoms with van der Waals surface area (Å²) in [6, 6.07) is 11.8. The van der Waals surface area contributed by atoms with Crippen molar-refractivity contribution < 1.29 is 19.0 Å². The normalized spacial score (nSPS) is 17.2. The third-order valence-corrected chi connectivity index (χ3v) is 5.04. The van der Waals surface area contributed by atoms with E-state index in [1.54, 1.807) is 29.2 Å². The van der Waals surface area contributed by atoms with Crippen LogP contribution in [0.3, 0.4) is 0 Å². The van der Waals surface area contributed by atoms with Crippen LogP contribution in [0.15, 0.2) is 42.5 Å². The number of amides is 1. The number of benzene rings is 2. The van der Waals surface area contributed by atoms with Gasteiger partial charge in [0.15, 0.2) is 11.5 Å². The number of carbonyl (C=O) groups excluding carboxylic acids is 1. The Morgan fingerprint density at radius 2 is 2.08 bits per heavy atom. The van der Waals surface area contributed by atoms with E-state index in [0.717, 1.165) is 24.8 Å². The van der Waals surface area contributed by atoms with Crippen LogP contribution in [0.25, 0.3) is 0 Å². The zero-order valence-corrected chi connectivity index (χ0v) is 15.0. The molecule has 4 nitrogen and oxygen atoms in total. The summed E-state index contributed by atoms with van der Waals surface area (Å²) in [5, 5.41) is 10.2. The van der Waals surface area contributed by atoms with Crippen LogP contribution in [0, 0.1) is 11.7 Å². The minimum absolute atomic E-state index is 0.117. The molecule has 0 aromatic heterocycles. The molecule has 5 heteroatoms. The van der Waals surface area contributed by atoms with Gasteiger partial charge in [-0.15, -0.1) is 0 Å². The van der Waals surface area contributed by atoms with Crippen molar-refractivity contribution in [2.75, 3.05) is 20.2 Å². The summed E-state index contributed by atoms with van der Waals surface area (Å²) >= 11 is 0. The molecule has 1 amide bonds. The van der Waals surface area contributed by atoms with Crippen LogP contribution in [0.2, 0.25) is 0 Å². The molecule has 1 atom stereocenters. The highest BCUT2D eigenvalue weighted by Crippen LogP contribution is 2.31. The number of aryl methyl sites for hydroxylation is 1. The van der Waals surface area contributed by atoms with Crippen molar-refractivity contribution in [1.82, 2.24) is 4.90 Å². The second-order valence-corrected chi connectivity index (χ2v) is 6.75. The first-order valence-electron chi connectivity index (χ1n) is 8.98. The second kappa shape index (κ2) is 8.21. The van der Waals surface area contributed by atoms with Crippen molar-refractivity contribution in [2.45, 2.75) is 25.7 Å². The summed E-state index contributed by atoms with van der Waals surface area (Å²) in [7, 11) is 1.46. The molecule has 1 heterocycles. The average molecular weight is 357 g/mol. The Morgan fingerprint density at radius 1 is 1.27 bits per heavy atom. The van der Waals surface area contributed by atoms with Gasteiger partial charge in [0.05, 0.1) is 12.7 Å². The Labute approximate surface area is 153 Å². The van der Waals surface area contributed by atoms with Gasteiger partial charge in [0.2, 0.25) is 0 Å². The topological polar surface area (TPSA) is 49.8 Å². The van der Waals surface area contributed by atoms with Gasteiger partial charge in [-0.2, -0.15) is 0 Å². The quantitative estimate of drug-likeness (QED) is 0.879. The molecular weight excluding hydrogens is 333 g/mol. The lowest BCUT2D eigenvalue weighted by atomic mass is 9.91. The molecule has 2 aromatic carbocycles. The Balaban J connectivity index is 1.65. The maximum Gasteiger partial charge on any atom is 0.257 e. The Bertz CT molecular complexity index is 778. The van der Waals surface area contributed by atoms with E-state index in [9.17, 15) is 14.3 Å². The van der Waals surface area contributed by atoms with Crippen molar-refractivity contribution in [3.8, 4) is 11.5 Å². The minimum Gasteiger partial charge on any atom is -0.504 e. The first-order chi connectivity index (χ1) is 12.6. The van der Waals surface area contributed by atoms with Gasteiger partial charge < -0.3 is 14.7 Å². The number of piperidine rings is 1. The van der Waals surface area contributed by atoms with Crippen molar-refractivity contribution in [2.24, 2.45) is 5.92 Å². The highest BCUT2D eigenvalue weighted by Gasteiger charge is 2.26. The third-order valence-electron chi connectivity index (χ3n) is 5.04. The van der Waals surface area contributed by atoms with E-state index in [1.807, 2.05) is 12.1 Å². The molecule has 1 saturated heterocycles. The predicted molar refractivity (Wildman–Crippen MR) is 98.0 cm³/mol. The zero-order chi connectivity index (χ0) is 18.5. The molecule has 0 radical (unpaired) electrons. The summed E-state index contributed by atoms with van der Waals surface area (Å²) < 4.78 is 18.9. The predicted octanol–water partition coefficient (Wildman–Crippen LogP) is 4.02. The van der Waals surface area contributed by atoms with Crippen LogP contribution in [0.4, 0.5) is 4.39 Å². The van der Waals surface area contributed by atoms with Crippen LogP contribution in [0.1, 0.15) is 35.2 Å². The zero-order valence-electron chi connectivity index (χ0n) is 15.0. The molecule has 1 N–H and O–H groups in total. The summed E-state index contributed by atoms with van der Waals surface area (Å²) in [5.74, 6) is 0.159. The Hall–Kier alpha value is -2.56. The van der Waals surface area contributed by atoms with Crippen molar-refractivity contribution >= 4 is 5.91 Å². The van der Waals surface area contributed by atoms with Crippen LogP contribution in [-0.4, -0.2) is 36.1 Å². The molecule has 1 fully saturated rings. The lowest BCUT2D eigenvalue weighted by molar-refractivity contribution is 0.0664. The number of aromatic hydroxyl groups is 1. The number of rotatable bonds is 5. The van der Waals surface area contributed by atoms with E-state index in [1.165, 1.54) is 13.2 Å². The van der Waals surface area contributed by atoms with E-state index in [0.29, 0.717) is 31.2 Å². The molecule has 2 aromatic rings. The van der Waals surface area contributed by atoms with E-state index in [4.69, 9.17) is 4.74 Å². The first-order valence-corrected chi connectivity index (χ1v) is 8.98. The Kier molecular flexibility index (Phi) is 5.76. The lowest BCUT2D eigenvalue weighted by Crippen LogP contribution is -2.40. The van der Waals surface area contributed by atoms with Crippen LogP contribution in [0.5, 0.6) is 11.5 Å². The number of hydrogen-bond acceptors (Lipinski definition) is 3. The second-order valence-electron chi connectivity index (χ2n) is 6.75. The molecular formula is C21H24FNO3. The van der Waals surface area contributed by atoms with Crippen LogP contribution >= 0.6 is 0 Å². The molecule has 1 unspecified atom stereocenters. The fraction of sp³-hybridized carbons (Fsp3) is 0.381. The van der Waals surface area contributed by atoms with E-state index >= 15 is 0 Å². The number of likely N-dealkylation sites (tertiary alicyclic amines) is 1. The molecule has 0 bridgehead atoms. The van der Waals surface area contributed by atoms with Crippen LogP contribution < -0.4 is 4.74 Å². The van der Waals surface area contributed by atoms with Gasteiger partial charge in [-0.1, -0.05) is 24.3 Å². The van der Waals surface area contributed by atoms with Gasteiger partial charge in [0.1, 0.15) is 5.82 Å². The maximum atomic E-state index is 13.8. The number of hydrogen-bond donors (Lipinski definition) is 1. The third kappa shape index (κ3) is 3.98. The summed E-state index contributed by atoms with van der Waals surface area (Å²) in [6.45, 7) is 1.30. The Morgan fingerprint density at radius 3 is 2.85 bits per heavy atom. The molecule has 1 aliphatic rings. The monoisotopic (exact) mass is 357 g/mol. The SMILES string of the molecule is COc1cccc(C(=O)N2CCCC(CCc3ccccc3F)C2)c1O. The molecule has 0 saturated carbocycles. The first kappa shape index (κ1) is 18.2. The molecule has 1 aliphatic heterocycles. The number of carbonyl (C=O) groups is 1. The molecule has 3 rings (SSSR count). The molecule has 138 valence electrons. The summed E-state index contributed by atoms with van der Waals surface area (Å²) in [4.78, 5) is 14.6. The number of halogens is 1. The number of ether oxygens (including phenoxy) is 1. The number of phenols is 1. The van der Waals surface area contributed by atoms with Gasteiger partial charge in [0.25, 0.3) is 5.91 Å². The van der Waals surface area contributed by atoms with Gasteiger partial charge >= 0.3 is 0 Å². The highest BCUT2D eigenvalue weighted by molar-refractivity contribution is 5.97. The number of nitrogens with zero attached hydrogens (tertiary/aromatic N) is 1. The standard InChI is InChI=1S/C21H24FNO3/c1-26-19-10-4-8-17(20(19)24)21(25)23-13-5-6-15(14-23)11-12-16-7-2-3-9-18(16)22/h2-4,7-10,15,24H,5-6,11-14H2,1H3. The van der Waals surface area contributed by atoms with Gasteiger partial charge in [0, 0.05) is 13.1 Å².